The number of nitrogens with zero attached hydrogens (tertiary/aromatic N) is 4. The Morgan fingerprint density at radius 2 is 2.29 bits per heavy atom. The Morgan fingerprint density at radius 1 is 1.42 bits per heavy atom. The summed E-state index contributed by atoms with van der Waals surface area (Å²) in [6.45, 7) is 4.92. The molecule has 2 aromatic rings. The van der Waals surface area contributed by atoms with Gasteiger partial charge in [-0.3, -0.25) is 4.68 Å². The topological polar surface area (TPSA) is 92.5 Å². The van der Waals surface area contributed by atoms with E-state index in [1.165, 1.54) is 11.3 Å². The maximum absolute atomic E-state index is 9.66. The Labute approximate surface area is 141 Å². The van der Waals surface area contributed by atoms with Crippen LogP contribution in [0.4, 0.5) is 5.82 Å². The number of hydrogen-bond acceptors (Lipinski definition) is 5. The zero-order valence-electron chi connectivity index (χ0n) is 14.0. The first-order valence-electron chi connectivity index (χ1n) is 8.69. The highest BCUT2D eigenvalue weighted by atomic mass is 15.3. The summed E-state index contributed by atoms with van der Waals surface area (Å²) in [7, 11) is 0. The maximum Gasteiger partial charge on any atom is 0.142 e. The molecule has 0 saturated heterocycles. The quantitative estimate of drug-likeness (QED) is 0.840. The van der Waals surface area contributed by atoms with Gasteiger partial charge in [-0.15, -0.1) is 0 Å². The number of nitrogens with two attached hydrogens (primary N) is 1. The second-order valence-electron chi connectivity index (χ2n) is 6.79. The Balaban J connectivity index is 1.93. The van der Waals surface area contributed by atoms with Gasteiger partial charge in [0.25, 0.3) is 0 Å². The summed E-state index contributed by atoms with van der Waals surface area (Å²) in [5.41, 5.74) is 11.8. The minimum absolute atomic E-state index is 0.335. The van der Waals surface area contributed by atoms with Crippen molar-refractivity contribution in [1.82, 2.24) is 20.1 Å². The molecular weight excluding hydrogens is 300 g/mol. The lowest BCUT2D eigenvalue weighted by Gasteiger charge is -2.24. The highest BCUT2D eigenvalue weighted by Crippen LogP contribution is 2.39. The molecule has 0 saturated carbocycles. The molecule has 1 aliphatic heterocycles. The molecule has 0 aromatic carbocycles. The third kappa shape index (κ3) is 2.36. The predicted molar refractivity (Wildman–Crippen MR) is 92.3 cm³/mol. The molecule has 0 bridgehead atoms. The summed E-state index contributed by atoms with van der Waals surface area (Å²) >= 11 is 0. The minimum Gasteiger partial charge on any atom is -0.383 e. The molecule has 2 aromatic heterocycles. The van der Waals surface area contributed by atoms with Gasteiger partial charge in [0, 0.05) is 24.3 Å². The molecular formula is C18H22N6. The number of hydrogen-bond donors (Lipinski definition) is 2. The van der Waals surface area contributed by atoms with Gasteiger partial charge in [0.15, 0.2) is 0 Å². The SMILES string of the molecule is CC1CCCc2c1nc(N)c(C#N)c2-c1cc2n(n1)CCCNC2. The standard InChI is InChI=1S/C18H22N6/c1-11-4-2-5-13-16(14(9-19)18(20)22-17(11)13)15-8-12-10-21-6-3-7-24(12)23-15/h8,11,21H,2-7,10H2,1H3,(H2,20,22). The van der Waals surface area contributed by atoms with Gasteiger partial charge in [-0.1, -0.05) is 6.92 Å². The van der Waals surface area contributed by atoms with E-state index in [-0.39, 0.29) is 0 Å². The van der Waals surface area contributed by atoms with Crippen molar-refractivity contribution in [2.45, 2.75) is 51.6 Å². The number of aromatic nitrogens is 3. The molecule has 3 heterocycles. The van der Waals surface area contributed by atoms with Gasteiger partial charge in [0.05, 0.1) is 11.4 Å². The summed E-state index contributed by atoms with van der Waals surface area (Å²) in [6, 6.07) is 4.37. The zero-order chi connectivity index (χ0) is 16.7. The number of aryl methyl sites for hydroxylation is 1. The third-order valence-corrected chi connectivity index (χ3v) is 5.15. The fraction of sp³-hybridized carbons (Fsp3) is 0.500. The molecule has 0 fully saturated rings. The van der Waals surface area contributed by atoms with E-state index in [2.05, 4.69) is 34.0 Å². The van der Waals surface area contributed by atoms with Gasteiger partial charge in [-0.25, -0.2) is 4.98 Å². The van der Waals surface area contributed by atoms with E-state index >= 15 is 0 Å². The van der Waals surface area contributed by atoms with Crippen LogP contribution >= 0.6 is 0 Å². The molecule has 3 N–H and O–H groups in total. The third-order valence-electron chi connectivity index (χ3n) is 5.15. The Hall–Kier alpha value is -2.39. The van der Waals surface area contributed by atoms with Crippen LogP contribution in [-0.4, -0.2) is 21.3 Å². The van der Waals surface area contributed by atoms with Crippen LogP contribution in [0.2, 0.25) is 0 Å². The molecule has 124 valence electrons. The summed E-state index contributed by atoms with van der Waals surface area (Å²) < 4.78 is 2.06. The molecule has 0 radical (unpaired) electrons. The maximum atomic E-state index is 9.66. The van der Waals surface area contributed by atoms with Crippen LogP contribution in [0.3, 0.4) is 0 Å². The number of fused-ring (bicyclic) bond motifs is 2. The van der Waals surface area contributed by atoms with Gasteiger partial charge < -0.3 is 11.1 Å². The largest absolute Gasteiger partial charge is 0.383 e. The molecule has 1 atom stereocenters. The smallest absolute Gasteiger partial charge is 0.142 e. The number of nitriles is 1. The fourth-order valence-corrected chi connectivity index (χ4v) is 3.92. The summed E-state index contributed by atoms with van der Waals surface area (Å²) in [6.07, 6.45) is 4.24. The first-order valence-corrected chi connectivity index (χ1v) is 8.69. The summed E-state index contributed by atoms with van der Waals surface area (Å²) in [5.74, 6) is 0.714. The van der Waals surface area contributed by atoms with Crippen LogP contribution in [0.5, 0.6) is 0 Å². The number of nitrogens with one attached hydrogen (secondary N) is 1. The van der Waals surface area contributed by atoms with Crippen LogP contribution in [0, 0.1) is 11.3 Å². The van der Waals surface area contributed by atoms with Crippen molar-refractivity contribution in [2.75, 3.05) is 12.3 Å². The summed E-state index contributed by atoms with van der Waals surface area (Å²) in [5, 5.41) is 17.9. The highest BCUT2D eigenvalue weighted by Gasteiger charge is 2.27. The number of nitrogen functional groups attached to an aromatic ring is 1. The van der Waals surface area contributed by atoms with Crippen LogP contribution in [0.15, 0.2) is 6.07 Å². The van der Waals surface area contributed by atoms with Crippen LogP contribution in [0.25, 0.3) is 11.3 Å². The highest BCUT2D eigenvalue weighted by molar-refractivity contribution is 5.77. The van der Waals surface area contributed by atoms with Crippen LogP contribution < -0.4 is 11.1 Å². The number of rotatable bonds is 1. The van der Waals surface area contributed by atoms with Crippen LogP contribution in [-0.2, 0) is 19.5 Å². The number of pyridine rings is 1. The van der Waals surface area contributed by atoms with Crippen LogP contribution in [0.1, 0.15) is 54.6 Å². The monoisotopic (exact) mass is 322 g/mol. The van der Waals surface area contributed by atoms with Crippen molar-refractivity contribution < 1.29 is 0 Å². The van der Waals surface area contributed by atoms with E-state index in [1.807, 2.05) is 0 Å². The molecule has 1 unspecified atom stereocenters. The first-order chi connectivity index (χ1) is 11.7. The van der Waals surface area contributed by atoms with Crippen molar-refractivity contribution in [3.05, 3.63) is 28.6 Å². The van der Waals surface area contributed by atoms with E-state index in [9.17, 15) is 5.26 Å². The molecule has 2 aliphatic rings. The normalized spacial score (nSPS) is 19.9. The molecule has 6 nitrogen and oxygen atoms in total. The van der Waals surface area contributed by atoms with Crippen molar-refractivity contribution in [2.24, 2.45) is 0 Å². The van der Waals surface area contributed by atoms with Gasteiger partial charge in [0.2, 0.25) is 0 Å². The van der Waals surface area contributed by atoms with Gasteiger partial charge >= 0.3 is 0 Å². The molecule has 1 aliphatic carbocycles. The van der Waals surface area contributed by atoms with Crippen molar-refractivity contribution in [1.29, 1.82) is 5.26 Å². The Morgan fingerprint density at radius 3 is 3.12 bits per heavy atom. The zero-order valence-corrected chi connectivity index (χ0v) is 14.0. The van der Waals surface area contributed by atoms with E-state index < -0.39 is 0 Å². The van der Waals surface area contributed by atoms with E-state index in [4.69, 9.17) is 10.8 Å². The molecule has 24 heavy (non-hydrogen) atoms. The second kappa shape index (κ2) is 5.91. The van der Waals surface area contributed by atoms with Crippen molar-refractivity contribution in [3.8, 4) is 17.3 Å². The molecule has 0 spiro atoms. The van der Waals surface area contributed by atoms with Gasteiger partial charge in [-0.2, -0.15) is 10.4 Å². The van der Waals surface area contributed by atoms with E-state index in [0.717, 1.165) is 62.3 Å². The fourth-order valence-electron chi connectivity index (χ4n) is 3.92. The van der Waals surface area contributed by atoms with E-state index in [0.29, 0.717) is 17.3 Å². The molecule has 6 heteroatoms. The first kappa shape index (κ1) is 15.2. The molecule has 4 rings (SSSR count). The van der Waals surface area contributed by atoms with Crippen molar-refractivity contribution >= 4 is 5.82 Å². The Bertz CT molecular complexity index is 806. The predicted octanol–water partition coefficient (Wildman–Crippen LogP) is 2.33. The minimum atomic E-state index is 0.335. The molecule has 0 amide bonds. The summed E-state index contributed by atoms with van der Waals surface area (Å²) in [4.78, 5) is 4.56. The van der Waals surface area contributed by atoms with Gasteiger partial charge in [0.1, 0.15) is 17.5 Å². The van der Waals surface area contributed by atoms with E-state index in [1.54, 1.807) is 0 Å². The Kier molecular flexibility index (Phi) is 3.73. The lowest BCUT2D eigenvalue weighted by Crippen LogP contribution is -2.15. The lowest BCUT2D eigenvalue weighted by atomic mass is 9.83. The van der Waals surface area contributed by atoms with Crippen molar-refractivity contribution in [3.63, 3.8) is 0 Å². The average molecular weight is 322 g/mol. The lowest BCUT2D eigenvalue weighted by molar-refractivity contribution is 0.573. The number of anilines is 1. The average Bonchev–Trinajstić information content (AvgIpc) is 2.85. The van der Waals surface area contributed by atoms with Gasteiger partial charge in [-0.05, 0) is 49.8 Å². The second-order valence-corrected chi connectivity index (χ2v) is 6.79.